The van der Waals surface area contributed by atoms with E-state index >= 15 is 0 Å². The second-order valence-electron chi connectivity index (χ2n) is 15.5. The summed E-state index contributed by atoms with van der Waals surface area (Å²) in [6.45, 7) is 14.7. The van der Waals surface area contributed by atoms with E-state index in [2.05, 4.69) is 34.6 Å². The molecule has 0 aromatic rings. The van der Waals surface area contributed by atoms with Gasteiger partial charge in [0.15, 0.2) is 5.79 Å². The smallest absolute Gasteiger partial charge is 0.309 e. The van der Waals surface area contributed by atoms with Gasteiger partial charge in [0.1, 0.15) is 6.10 Å². The highest BCUT2D eigenvalue weighted by Crippen LogP contribution is 2.79. The molecule has 2 bridgehead atoms. The average molecular weight is 489 g/mol. The van der Waals surface area contributed by atoms with Gasteiger partial charge in [-0.2, -0.15) is 0 Å². The lowest BCUT2D eigenvalue weighted by Gasteiger charge is -2.74. The molecular formula is C30H48O5. The van der Waals surface area contributed by atoms with Gasteiger partial charge in [-0.1, -0.05) is 34.6 Å². The van der Waals surface area contributed by atoms with Crippen molar-refractivity contribution in [2.75, 3.05) is 6.61 Å². The third-order valence-electron chi connectivity index (χ3n) is 14.7. The van der Waals surface area contributed by atoms with Crippen LogP contribution in [-0.2, 0) is 9.53 Å². The van der Waals surface area contributed by atoms with Crippen LogP contribution in [0.1, 0.15) is 106 Å². The van der Waals surface area contributed by atoms with Gasteiger partial charge in [0.05, 0.1) is 12.0 Å². The first-order valence-corrected chi connectivity index (χ1v) is 14.4. The fourth-order valence-electron chi connectivity index (χ4n) is 11.9. The topological polar surface area (TPSA) is 87.0 Å². The van der Waals surface area contributed by atoms with E-state index < -0.39 is 23.3 Å². The maximum absolute atomic E-state index is 12.3. The standard InChI is InChI=1S/C30H48O5/c1-18-29-8-7-19-26(4,20(29)15-22(31)30(18,34)35-17-29)12-14-28(6)21-16-25(3,23(32)33)10-9-24(21,2)11-13-27(19,28)5/h18-22,31,34H,7-17H2,1-6H3,(H,32,33)/t18-,19-,20+,21+,22-,24-,25-,26-,27-,28+,29+,30-/m1/s1. The van der Waals surface area contributed by atoms with Crippen molar-refractivity contribution in [2.45, 2.75) is 118 Å². The van der Waals surface area contributed by atoms with Crippen LogP contribution >= 0.6 is 0 Å². The Hall–Kier alpha value is -0.650. The third kappa shape index (κ3) is 2.64. The van der Waals surface area contributed by atoms with Crippen LogP contribution in [0.25, 0.3) is 0 Å². The Kier molecular flexibility index (Phi) is 4.83. The molecular weight excluding hydrogens is 440 g/mol. The summed E-state index contributed by atoms with van der Waals surface area (Å²) in [4.78, 5) is 12.3. The Morgan fingerprint density at radius 1 is 0.857 bits per heavy atom. The average Bonchev–Trinajstić information content (AvgIpc) is 2.97. The molecule has 3 N–H and O–H groups in total. The highest BCUT2D eigenvalue weighted by Gasteiger charge is 2.75. The molecule has 0 radical (unpaired) electrons. The molecule has 5 heteroatoms. The molecule has 5 saturated carbocycles. The minimum atomic E-state index is -1.39. The van der Waals surface area contributed by atoms with Gasteiger partial charge in [-0.3, -0.25) is 4.79 Å². The Morgan fingerprint density at radius 2 is 1.49 bits per heavy atom. The lowest BCUT2D eigenvalue weighted by molar-refractivity contribution is -0.291. The van der Waals surface area contributed by atoms with Crippen molar-refractivity contribution in [3.63, 3.8) is 0 Å². The second kappa shape index (κ2) is 6.86. The molecule has 5 nitrogen and oxygen atoms in total. The van der Waals surface area contributed by atoms with Gasteiger partial charge in [-0.15, -0.1) is 0 Å². The minimum absolute atomic E-state index is 0.0424. The number of hydrogen-bond acceptors (Lipinski definition) is 4. The van der Waals surface area contributed by atoms with E-state index in [-0.39, 0.29) is 33.0 Å². The summed E-state index contributed by atoms with van der Waals surface area (Å²) >= 11 is 0. The monoisotopic (exact) mass is 488 g/mol. The molecule has 198 valence electrons. The van der Waals surface area contributed by atoms with E-state index in [0.29, 0.717) is 30.8 Å². The number of carbonyl (C=O) groups is 1. The van der Waals surface area contributed by atoms with Gasteiger partial charge in [0.25, 0.3) is 0 Å². The van der Waals surface area contributed by atoms with E-state index in [0.717, 1.165) is 44.9 Å². The van der Waals surface area contributed by atoms with E-state index in [1.807, 2.05) is 6.92 Å². The third-order valence-corrected chi connectivity index (χ3v) is 14.7. The zero-order chi connectivity index (χ0) is 25.4. The van der Waals surface area contributed by atoms with Gasteiger partial charge >= 0.3 is 5.97 Å². The van der Waals surface area contributed by atoms with Gasteiger partial charge < -0.3 is 20.1 Å². The molecule has 5 aliphatic carbocycles. The second-order valence-corrected chi connectivity index (χ2v) is 15.5. The van der Waals surface area contributed by atoms with Crippen LogP contribution in [0.15, 0.2) is 0 Å². The van der Waals surface area contributed by atoms with Crippen molar-refractivity contribution in [3.8, 4) is 0 Å². The molecule has 1 spiro atoms. The van der Waals surface area contributed by atoms with Crippen LogP contribution in [0.4, 0.5) is 0 Å². The van der Waals surface area contributed by atoms with Crippen LogP contribution in [0.2, 0.25) is 0 Å². The summed E-state index contributed by atoms with van der Waals surface area (Å²) in [6.07, 6.45) is 9.34. The number of carboxylic acid groups (broad SMARTS) is 1. The highest BCUT2D eigenvalue weighted by atomic mass is 16.6. The molecule has 0 amide bonds. The lowest BCUT2D eigenvalue weighted by atomic mass is 9.30. The zero-order valence-corrected chi connectivity index (χ0v) is 22.8. The number of aliphatic hydroxyl groups excluding tert-OH is 1. The number of hydrogen-bond donors (Lipinski definition) is 3. The van der Waals surface area contributed by atoms with E-state index in [9.17, 15) is 20.1 Å². The number of carboxylic acids is 1. The van der Waals surface area contributed by atoms with Gasteiger partial charge in [-0.05, 0) is 111 Å². The minimum Gasteiger partial charge on any atom is -0.481 e. The summed E-state index contributed by atoms with van der Waals surface area (Å²) in [7, 11) is 0. The molecule has 6 aliphatic rings. The molecule has 0 aromatic carbocycles. The van der Waals surface area contributed by atoms with Crippen LogP contribution in [-0.4, -0.2) is 39.8 Å². The summed E-state index contributed by atoms with van der Waals surface area (Å²) in [5, 5.41) is 32.4. The van der Waals surface area contributed by atoms with E-state index in [1.165, 1.54) is 12.8 Å². The number of rotatable bonds is 1. The fourth-order valence-corrected chi connectivity index (χ4v) is 11.9. The number of fused-ring (bicyclic) bond motifs is 7. The van der Waals surface area contributed by atoms with Gasteiger partial charge in [0.2, 0.25) is 0 Å². The van der Waals surface area contributed by atoms with Crippen molar-refractivity contribution >= 4 is 5.97 Å². The van der Waals surface area contributed by atoms with Crippen molar-refractivity contribution < 1.29 is 24.9 Å². The highest BCUT2D eigenvalue weighted by molar-refractivity contribution is 5.74. The molecule has 1 heterocycles. The lowest BCUT2D eigenvalue weighted by Crippen LogP contribution is -2.69. The predicted octanol–water partition coefficient (Wildman–Crippen LogP) is 5.62. The molecule has 0 unspecified atom stereocenters. The van der Waals surface area contributed by atoms with Crippen molar-refractivity contribution in [1.82, 2.24) is 0 Å². The summed E-state index contributed by atoms with van der Waals surface area (Å²) < 4.78 is 6.00. The van der Waals surface area contributed by atoms with Crippen molar-refractivity contribution in [3.05, 3.63) is 0 Å². The Balaban J connectivity index is 1.40. The van der Waals surface area contributed by atoms with Crippen LogP contribution < -0.4 is 0 Å². The first-order chi connectivity index (χ1) is 16.1. The zero-order valence-electron chi connectivity index (χ0n) is 22.8. The maximum Gasteiger partial charge on any atom is 0.309 e. The van der Waals surface area contributed by atoms with Crippen LogP contribution in [0, 0.1) is 56.2 Å². The number of ether oxygens (including phenoxy) is 1. The molecule has 0 aromatic heterocycles. The van der Waals surface area contributed by atoms with E-state index in [1.54, 1.807) is 0 Å². The molecule has 1 aliphatic heterocycles. The Labute approximate surface area is 211 Å². The number of aliphatic carboxylic acids is 1. The number of aliphatic hydroxyl groups is 2. The van der Waals surface area contributed by atoms with Crippen LogP contribution in [0.3, 0.4) is 0 Å². The normalized spacial score (nSPS) is 63.4. The van der Waals surface area contributed by atoms with Crippen molar-refractivity contribution in [1.29, 1.82) is 0 Å². The first kappa shape index (κ1) is 24.7. The predicted molar refractivity (Wildman–Crippen MR) is 133 cm³/mol. The summed E-state index contributed by atoms with van der Waals surface area (Å²) in [5.41, 5.74) is -0.0361. The van der Waals surface area contributed by atoms with Crippen LogP contribution in [0.5, 0.6) is 0 Å². The summed E-state index contributed by atoms with van der Waals surface area (Å²) in [6, 6.07) is 0. The molecule has 35 heavy (non-hydrogen) atoms. The van der Waals surface area contributed by atoms with Gasteiger partial charge in [-0.25, -0.2) is 0 Å². The maximum atomic E-state index is 12.3. The molecule has 12 atom stereocenters. The Morgan fingerprint density at radius 3 is 2.17 bits per heavy atom. The summed E-state index contributed by atoms with van der Waals surface area (Å²) in [5.74, 6) is -0.714. The SMILES string of the molecule is C[C@@H]1[C@@]23CC[C@@H]4[C@@](C)(CC[C@@]5(C)[C@H]6C[C@](C)(C(=O)O)CC[C@]6(C)CC[C@]45C)[C@@H]2C[C@@H](O)[C@]1(O)OC3. The van der Waals surface area contributed by atoms with Gasteiger partial charge in [0, 0.05) is 11.3 Å². The molecule has 1 saturated heterocycles. The van der Waals surface area contributed by atoms with E-state index in [4.69, 9.17) is 4.74 Å². The first-order valence-electron chi connectivity index (χ1n) is 14.4. The Bertz CT molecular complexity index is 951. The molecule has 6 fully saturated rings. The quantitative estimate of drug-likeness (QED) is 0.446. The van der Waals surface area contributed by atoms with Crippen molar-refractivity contribution in [2.24, 2.45) is 56.2 Å². The molecule has 6 rings (SSSR count). The fraction of sp³-hybridized carbons (Fsp3) is 0.967. The largest absolute Gasteiger partial charge is 0.481 e.